The number of Topliss-reactive ketones (excluding diaryl/α,β-unsaturated/α-hetero) is 1. The third kappa shape index (κ3) is 4.84. The van der Waals surface area contributed by atoms with E-state index >= 15 is 0 Å². The van der Waals surface area contributed by atoms with Gasteiger partial charge >= 0.3 is 0 Å². The van der Waals surface area contributed by atoms with Gasteiger partial charge in [0.15, 0.2) is 5.78 Å². The maximum Gasteiger partial charge on any atom is 0.270 e. The smallest absolute Gasteiger partial charge is 0.270 e. The molecule has 0 saturated heterocycles. The number of hydrogen-bond donors (Lipinski definition) is 1. The van der Waals surface area contributed by atoms with Crippen molar-refractivity contribution in [1.82, 2.24) is 4.57 Å². The Kier molecular flexibility index (Phi) is 6.51. The van der Waals surface area contributed by atoms with E-state index in [1.165, 1.54) is 12.1 Å². The number of rotatable bonds is 9. The number of carbonyl (C=O) groups excluding carboxylic acids is 2. The predicted molar refractivity (Wildman–Crippen MR) is 136 cm³/mol. The van der Waals surface area contributed by atoms with Crippen LogP contribution in [0.2, 0.25) is 0 Å². The monoisotopic (exact) mass is 469 g/mol. The van der Waals surface area contributed by atoms with Crippen molar-refractivity contribution >= 4 is 28.3 Å². The summed E-state index contributed by atoms with van der Waals surface area (Å²) in [6, 6.07) is 23.6. The number of carbonyl (C=O) groups is 2. The zero-order valence-corrected chi connectivity index (χ0v) is 19.7. The fraction of sp³-hybridized carbons (Fsp3) is 0.214. The molecule has 35 heavy (non-hydrogen) atoms. The van der Waals surface area contributed by atoms with Crippen molar-refractivity contribution in [1.29, 1.82) is 0 Å². The van der Waals surface area contributed by atoms with Gasteiger partial charge in [-0.1, -0.05) is 60.7 Å². The van der Waals surface area contributed by atoms with E-state index in [1.807, 2.05) is 65.2 Å². The first-order chi connectivity index (χ1) is 16.7. The van der Waals surface area contributed by atoms with Gasteiger partial charge in [0.25, 0.3) is 5.69 Å². The largest absolute Gasteiger partial charge is 0.369 e. The number of hydrogen-bond acceptors (Lipinski definition) is 4. The summed E-state index contributed by atoms with van der Waals surface area (Å²) in [6.07, 6.45) is 0.785. The second kappa shape index (κ2) is 9.54. The van der Waals surface area contributed by atoms with Crippen molar-refractivity contribution in [2.75, 3.05) is 0 Å². The van der Waals surface area contributed by atoms with Gasteiger partial charge in [0.2, 0.25) is 5.91 Å². The van der Waals surface area contributed by atoms with Gasteiger partial charge in [-0.2, -0.15) is 0 Å². The summed E-state index contributed by atoms with van der Waals surface area (Å²) in [6.45, 7) is 3.71. The second-order valence-corrected chi connectivity index (χ2v) is 9.29. The van der Waals surface area contributed by atoms with Gasteiger partial charge in [-0.05, 0) is 37.5 Å². The molecule has 0 fully saturated rings. The average molecular weight is 470 g/mol. The zero-order chi connectivity index (χ0) is 25.2. The van der Waals surface area contributed by atoms with E-state index in [1.54, 1.807) is 19.9 Å². The van der Waals surface area contributed by atoms with Crippen LogP contribution in [0.5, 0.6) is 0 Å². The van der Waals surface area contributed by atoms with Gasteiger partial charge in [0, 0.05) is 36.0 Å². The van der Waals surface area contributed by atoms with Crippen LogP contribution in [0.25, 0.3) is 22.2 Å². The van der Waals surface area contributed by atoms with Crippen LogP contribution >= 0.6 is 0 Å². The number of nitro groups is 1. The summed E-state index contributed by atoms with van der Waals surface area (Å²) in [7, 11) is 0. The number of nitro benzene ring substituents is 1. The number of aryl methyl sites for hydroxylation is 1. The molecule has 4 aromatic rings. The van der Waals surface area contributed by atoms with Gasteiger partial charge in [-0.25, -0.2) is 0 Å². The van der Waals surface area contributed by atoms with Crippen molar-refractivity contribution in [3.63, 3.8) is 0 Å². The van der Waals surface area contributed by atoms with Crippen LogP contribution in [0.15, 0.2) is 78.9 Å². The molecule has 4 rings (SSSR count). The molecule has 0 spiro atoms. The lowest BCUT2D eigenvalue weighted by atomic mass is 9.92. The molecule has 0 saturated carbocycles. The number of benzene rings is 3. The highest BCUT2D eigenvalue weighted by atomic mass is 16.6. The number of aromatic nitrogens is 1. The lowest BCUT2D eigenvalue weighted by Crippen LogP contribution is -2.35. The molecule has 0 aliphatic heterocycles. The number of nitrogens with zero attached hydrogens (tertiary/aromatic N) is 2. The van der Waals surface area contributed by atoms with E-state index < -0.39 is 16.2 Å². The quantitative estimate of drug-likeness (QED) is 0.197. The number of ketones is 1. The fourth-order valence-electron chi connectivity index (χ4n) is 4.30. The number of primary amides is 1. The Morgan fingerprint density at radius 1 is 0.971 bits per heavy atom. The topological polar surface area (TPSA) is 108 Å². The molecular formula is C28H27N3O4. The van der Waals surface area contributed by atoms with Crippen molar-refractivity contribution in [3.8, 4) is 11.3 Å². The Labute approximate surface area is 203 Å². The highest BCUT2D eigenvalue weighted by Crippen LogP contribution is 2.38. The van der Waals surface area contributed by atoms with Crippen LogP contribution in [0, 0.1) is 15.5 Å². The van der Waals surface area contributed by atoms with Crippen LogP contribution < -0.4 is 5.73 Å². The molecule has 0 aliphatic carbocycles. The number of fused-ring (bicyclic) bond motifs is 1. The molecule has 0 unspecified atom stereocenters. The van der Waals surface area contributed by atoms with Crippen LogP contribution in [-0.2, 0) is 17.8 Å². The number of nitrogens with two attached hydrogens (primary N) is 1. The molecule has 0 radical (unpaired) electrons. The molecule has 178 valence electrons. The third-order valence-electron chi connectivity index (χ3n) is 6.29. The molecule has 7 heteroatoms. The summed E-state index contributed by atoms with van der Waals surface area (Å²) in [4.78, 5) is 37.1. The molecule has 1 amide bonds. The molecule has 3 aromatic carbocycles. The molecule has 0 atom stereocenters. The SMILES string of the molecule is CC(C)(Cn1c(-c2ccccc2)c(C(=O)CCc2ccccc2)c2cc([N+](=O)[O-])ccc21)C(N)=O. The Morgan fingerprint density at radius 3 is 2.20 bits per heavy atom. The lowest BCUT2D eigenvalue weighted by Gasteiger charge is -2.24. The molecule has 1 aromatic heterocycles. The number of non-ortho nitro benzene ring substituents is 1. The van der Waals surface area contributed by atoms with E-state index in [9.17, 15) is 19.7 Å². The highest BCUT2D eigenvalue weighted by molar-refractivity contribution is 6.14. The van der Waals surface area contributed by atoms with Crippen molar-refractivity contribution in [2.45, 2.75) is 33.2 Å². The van der Waals surface area contributed by atoms with Crippen molar-refractivity contribution in [3.05, 3.63) is 100 Å². The van der Waals surface area contributed by atoms with E-state index in [4.69, 9.17) is 5.73 Å². The summed E-state index contributed by atoms with van der Waals surface area (Å²) in [5.41, 5.74) is 8.19. The van der Waals surface area contributed by atoms with E-state index in [-0.39, 0.29) is 24.4 Å². The summed E-state index contributed by atoms with van der Waals surface area (Å²) >= 11 is 0. The highest BCUT2D eigenvalue weighted by Gasteiger charge is 2.31. The maximum atomic E-state index is 13.7. The minimum atomic E-state index is -0.915. The summed E-state index contributed by atoms with van der Waals surface area (Å²) < 4.78 is 1.90. The van der Waals surface area contributed by atoms with E-state index in [0.717, 1.165) is 11.1 Å². The molecule has 0 bridgehead atoms. The molecule has 1 heterocycles. The minimum absolute atomic E-state index is 0.0967. The van der Waals surface area contributed by atoms with Crippen LogP contribution in [0.4, 0.5) is 5.69 Å². The second-order valence-electron chi connectivity index (χ2n) is 9.29. The standard InChI is InChI=1S/C28H27N3O4/c1-28(2,27(29)33)18-30-23-15-14-21(31(34)35)17-22(23)25(26(30)20-11-7-4-8-12-20)24(32)16-13-19-9-5-3-6-10-19/h3-12,14-15,17H,13,16,18H2,1-2H3,(H2,29,33). The van der Waals surface area contributed by atoms with Gasteiger partial charge < -0.3 is 10.3 Å². The van der Waals surface area contributed by atoms with Crippen molar-refractivity contribution < 1.29 is 14.5 Å². The Morgan fingerprint density at radius 2 is 1.60 bits per heavy atom. The molecule has 2 N–H and O–H groups in total. The summed E-state index contributed by atoms with van der Waals surface area (Å²) in [5, 5.41) is 12.1. The average Bonchev–Trinajstić information content (AvgIpc) is 3.16. The Bertz CT molecular complexity index is 1410. The minimum Gasteiger partial charge on any atom is -0.369 e. The van der Waals surface area contributed by atoms with Gasteiger partial charge in [0.1, 0.15) is 0 Å². The number of amides is 1. The first kappa shape index (κ1) is 23.9. The van der Waals surface area contributed by atoms with Gasteiger partial charge in [0.05, 0.1) is 21.6 Å². The molecule has 0 aliphatic rings. The maximum absolute atomic E-state index is 13.7. The predicted octanol–water partition coefficient (Wildman–Crippen LogP) is 5.54. The van der Waals surface area contributed by atoms with Crippen LogP contribution in [0.3, 0.4) is 0 Å². The molecule has 7 nitrogen and oxygen atoms in total. The summed E-state index contributed by atoms with van der Waals surface area (Å²) in [5.74, 6) is -0.592. The fourth-order valence-corrected chi connectivity index (χ4v) is 4.30. The lowest BCUT2D eigenvalue weighted by molar-refractivity contribution is -0.384. The van der Waals surface area contributed by atoms with Gasteiger partial charge in [-0.3, -0.25) is 19.7 Å². The third-order valence-corrected chi connectivity index (χ3v) is 6.29. The van der Waals surface area contributed by atoms with E-state index in [0.29, 0.717) is 28.6 Å². The van der Waals surface area contributed by atoms with Crippen LogP contribution in [0.1, 0.15) is 36.2 Å². The van der Waals surface area contributed by atoms with Gasteiger partial charge in [-0.15, -0.1) is 0 Å². The zero-order valence-electron chi connectivity index (χ0n) is 19.7. The normalized spacial score (nSPS) is 11.5. The Hall–Kier alpha value is -4.26. The van der Waals surface area contributed by atoms with E-state index in [2.05, 4.69) is 0 Å². The molecular weight excluding hydrogens is 442 g/mol. The Balaban J connectivity index is 1.95. The van der Waals surface area contributed by atoms with Crippen molar-refractivity contribution in [2.24, 2.45) is 11.1 Å². The van der Waals surface area contributed by atoms with Crippen LogP contribution in [-0.4, -0.2) is 21.2 Å². The first-order valence-corrected chi connectivity index (χ1v) is 11.4. The first-order valence-electron chi connectivity index (χ1n) is 11.4.